The van der Waals surface area contributed by atoms with Gasteiger partial charge in [-0.1, -0.05) is 12.1 Å². The van der Waals surface area contributed by atoms with Gasteiger partial charge in [0.05, 0.1) is 11.4 Å². The van der Waals surface area contributed by atoms with Crippen molar-refractivity contribution in [3.8, 4) is 0 Å². The number of nitrogens with two attached hydrogens (primary N) is 1. The number of hydrogen-bond donors (Lipinski definition) is 1. The van der Waals surface area contributed by atoms with Gasteiger partial charge >= 0.3 is 6.09 Å². The summed E-state index contributed by atoms with van der Waals surface area (Å²) in [5.41, 5.74) is 7.13. The molecular formula is C11H14N2O2. The molecule has 4 heteroatoms. The number of nitrogen functional groups attached to an aromatic ring is 1. The van der Waals surface area contributed by atoms with Crippen LogP contribution < -0.4 is 10.6 Å². The first kappa shape index (κ1) is 9.83. The molecule has 1 unspecified atom stereocenters. The predicted octanol–water partition coefficient (Wildman–Crippen LogP) is 2.00. The highest BCUT2D eigenvalue weighted by molar-refractivity contribution is 5.92. The number of para-hydroxylation sites is 2. The third-order valence-electron chi connectivity index (χ3n) is 2.51. The predicted molar refractivity (Wildman–Crippen MR) is 58.8 cm³/mol. The SMILES string of the molecule is CC1CCN(c2ccccc2N)C(=O)O1. The molecule has 1 amide bonds. The summed E-state index contributed by atoms with van der Waals surface area (Å²) in [4.78, 5) is 13.2. The second-order valence-electron chi connectivity index (χ2n) is 3.69. The van der Waals surface area contributed by atoms with E-state index in [-0.39, 0.29) is 12.2 Å². The Balaban J connectivity index is 2.24. The zero-order valence-electron chi connectivity index (χ0n) is 8.64. The molecular weight excluding hydrogens is 192 g/mol. The molecule has 1 aromatic rings. The largest absolute Gasteiger partial charge is 0.446 e. The van der Waals surface area contributed by atoms with Crippen molar-refractivity contribution in [2.45, 2.75) is 19.4 Å². The zero-order chi connectivity index (χ0) is 10.8. The fourth-order valence-corrected chi connectivity index (χ4v) is 1.65. The molecule has 1 fully saturated rings. The van der Waals surface area contributed by atoms with Gasteiger partial charge in [-0.05, 0) is 19.1 Å². The van der Waals surface area contributed by atoms with Crippen LogP contribution in [0.4, 0.5) is 16.2 Å². The highest BCUT2D eigenvalue weighted by atomic mass is 16.6. The van der Waals surface area contributed by atoms with Crippen molar-refractivity contribution < 1.29 is 9.53 Å². The average molecular weight is 206 g/mol. The van der Waals surface area contributed by atoms with E-state index in [2.05, 4.69) is 0 Å². The third-order valence-corrected chi connectivity index (χ3v) is 2.51. The van der Waals surface area contributed by atoms with E-state index in [0.29, 0.717) is 12.2 Å². The van der Waals surface area contributed by atoms with Gasteiger partial charge < -0.3 is 10.5 Å². The highest BCUT2D eigenvalue weighted by Crippen LogP contribution is 2.26. The van der Waals surface area contributed by atoms with Crippen LogP contribution in [0.1, 0.15) is 13.3 Å². The van der Waals surface area contributed by atoms with Gasteiger partial charge in [-0.25, -0.2) is 4.79 Å². The lowest BCUT2D eigenvalue weighted by Gasteiger charge is -2.30. The molecule has 0 spiro atoms. The van der Waals surface area contributed by atoms with Crippen molar-refractivity contribution in [1.82, 2.24) is 0 Å². The van der Waals surface area contributed by atoms with Gasteiger partial charge in [-0.3, -0.25) is 4.90 Å². The van der Waals surface area contributed by atoms with E-state index < -0.39 is 0 Å². The second kappa shape index (κ2) is 3.81. The minimum atomic E-state index is -0.313. The van der Waals surface area contributed by atoms with E-state index in [1.807, 2.05) is 25.1 Å². The molecule has 0 aliphatic carbocycles. The smallest absolute Gasteiger partial charge is 0.414 e. The first-order valence-electron chi connectivity index (χ1n) is 5.01. The molecule has 80 valence electrons. The number of anilines is 2. The molecule has 1 saturated heterocycles. The molecule has 0 bridgehead atoms. The number of carbonyl (C=O) groups excluding carboxylic acids is 1. The van der Waals surface area contributed by atoms with Crippen molar-refractivity contribution in [2.24, 2.45) is 0 Å². The number of benzene rings is 1. The minimum absolute atomic E-state index is 0.00122. The van der Waals surface area contributed by atoms with E-state index in [1.54, 1.807) is 11.0 Å². The van der Waals surface area contributed by atoms with E-state index >= 15 is 0 Å². The second-order valence-corrected chi connectivity index (χ2v) is 3.69. The van der Waals surface area contributed by atoms with Crippen LogP contribution in [-0.4, -0.2) is 18.7 Å². The van der Waals surface area contributed by atoms with Gasteiger partial charge in [0.15, 0.2) is 0 Å². The maximum Gasteiger partial charge on any atom is 0.414 e. The fourth-order valence-electron chi connectivity index (χ4n) is 1.65. The summed E-state index contributed by atoms with van der Waals surface area (Å²) >= 11 is 0. The normalized spacial score (nSPS) is 21.3. The summed E-state index contributed by atoms with van der Waals surface area (Å²) in [5, 5.41) is 0. The molecule has 0 aromatic heterocycles. The third kappa shape index (κ3) is 1.88. The van der Waals surface area contributed by atoms with Crippen LogP contribution in [0.25, 0.3) is 0 Å². The summed E-state index contributed by atoms with van der Waals surface area (Å²) in [6, 6.07) is 7.31. The van der Waals surface area contributed by atoms with E-state index in [4.69, 9.17) is 10.5 Å². The summed E-state index contributed by atoms with van der Waals surface area (Å²) in [6.45, 7) is 2.55. The van der Waals surface area contributed by atoms with Crippen molar-refractivity contribution in [3.63, 3.8) is 0 Å². The number of cyclic esters (lactones) is 1. The van der Waals surface area contributed by atoms with Crippen LogP contribution >= 0.6 is 0 Å². The molecule has 0 radical (unpaired) electrons. The molecule has 2 rings (SSSR count). The van der Waals surface area contributed by atoms with Crippen LogP contribution in [0.5, 0.6) is 0 Å². The van der Waals surface area contributed by atoms with Gasteiger partial charge in [0.25, 0.3) is 0 Å². The Hall–Kier alpha value is -1.71. The maximum absolute atomic E-state index is 11.6. The Kier molecular flexibility index (Phi) is 2.49. The van der Waals surface area contributed by atoms with Crippen molar-refractivity contribution in [3.05, 3.63) is 24.3 Å². The van der Waals surface area contributed by atoms with Gasteiger partial charge in [0.1, 0.15) is 6.10 Å². The molecule has 1 aliphatic rings. The van der Waals surface area contributed by atoms with Gasteiger partial charge in [-0.15, -0.1) is 0 Å². The summed E-state index contributed by atoms with van der Waals surface area (Å²) in [7, 11) is 0. The molecule has 15 heavy (non-hydrogen) atoms. The Labute approximate surface area is 88.6 Å². The van der Waals surface area contributed by atoms with Gasteiger partial charge in [-0.2, -0.15) is 0 Å². The molecule has 1 aliphatic heterocycles. The zero-order valence-corrected chi connectivity index (χ0v) is 8.64. The lowest BCUT2D eigenvalue weighted by atomic mass is 10.2. The quantitative estimate of drug-likeness (QED) is 0.715. The number of nitrogens with zero attached hydrogens (tertiary/aromatic N) is 1. The monoisotopic (exact) mass is 206 g/mol. The van der Waals surface area contributed by atoms with E-state index in [1.165, 1.54) is 0 Å². The summed E-state index contributed by atoms with van der Waals surface area (Å²) < 4.78 is 5.14. The number of amides is 1. The Bertz CT molecular complexity index is 379. The van der Waals surface area contributed by atoms with Crippen LogP contribution in [0, 0.1) is 0 Å². The Morgan fingerprint density at radius 2 is 2.20 bits per heavy atom. The lowest BCUT2D eigenvalue weighted by Crippen LogP contribution is -2.41. The van der Waals surface area contributed by atoms with Crippen molar-refractivity contribution in [1.29, 1.82) is 0 Å². The molecule has 0 saturated carbocycles. The van der Waals surface area contributed by atoms with E-state index in [0.717, 1.165) is 12.1 Å². The van der Waals surface area contributed by atoms with Crippen LogP contribution in [-0.2, 0) is 4.74 Å². The standard InChI is InChI=1S/C11H14N2O2/c1-8-6-7-13(11(14)15-8)10-5-3-2-4-9(10)12/h2-5,8H,6-7,12H2,1H3. The number of rotatable bonds is 1. The Morgan fingerprint density at radius 1 is 1.47 bits per heavy atom. The fraction of sp³-hybridized carbons (Fsp3) is 0.364. The van der Waals surface area contributed by atoms with Crippen molar-refractivity contribution >= 4 is 17.5 Å². The van der Waals surface area contributed by atoms with E-state index in [9.17, 15) is 4.79 Å². The van der Waals surface area contributed by atoms with Gasteiger partial charge in [0, 0.05) is 13.0 Å². The summed E-state index contributed by atoms with van der Waals surface area (Å²) in [5.74, 6) is 0. The van der Waals surface area contributed by atoms with Crippen molar-refractivity contribution in [2.75, 3.05) is 17.2 Å². The topological polar surface area (TPSA) is 55.6 Å². The van der Waals surface area contributed by atoms with Crippen LogP contribution in [0.3, 0.4) is 0 Å². The highest BCUT2D eigenvalue weighted by Gasteiger charge is 2.26. The first-order valence-corrected chi connectivity index (χ1v) is 5.01. The van der Waals surface area contributed by atoms with Gasteiger partial charge in [0.2, 0.25) is 0 Å². The average Bonchev–Trinajstić information content (AvgIpc) is 2.20. The molecule has 2 N–H and O–H groups in total. The number of hydrogen-bond acceptors (Lipinski definition) is 3. The van der Waals surface area contributed by atoms with Crippen LogP contribution in [0.2, 0.25) is 0 Å². The molecule has 1 aromatic carbocycles. The number of ether oxygens (including phenoxy) is 1. The lowest BCUT2D eigenvalue weighted by molar-refractivity contribution is 0.0944. The Morgan fingerprint density at radius 3 is 2.87 bits per heavy atom. The minimum Gasteiger partial charge on any atom is -0.446 e. The molecule has 1 atom stereocenters. The summed E-state index contributed by atoms with van der Waals surface area (Å²) in [6.07, 6.45) is 0.519. The number of carbonyl (C=O) groups is 1. The molecule has 1 heterocycles. The molecule has 4 nitrogen and oxygen atoms in total. The maximum atomic E-state index is 11.6. The first-order chi connectivity index (χ1) is 7.18. The van der Waals surface area contributed by atoms with Crippen LogP contribution in [0.15, 0.2) is 24.3 Å².